The molecule has 0 radical (unpaired) electrons. The maximum Gasteiger partial charge on any atom is 0.251 e. The maximum absolute atomic E-state index is 12.0. The Balaban J connectivity index is 1.87. The van der Waals surface area contributed by atoms with E-state index >= 15 is 0 Å². The zero-order chi connectivity index (χ0) is 17.5. The van der Waals surface area contributed by atoms with E-state index in [1.165, 1.54) is 0 Å². The van der Waals surface area contributed by atoms with Gasteiger partial charge in [0.2, 0.25) is 0 Å². The highest BCUT2D eigenvalue weighted by atomic mass is 16.5. The number of carbonyl (C=O) groups excluding carboxylic acids is 1. The lowest BCUT2D eigenvalue weighted by molar-refractivity contribution is 0.0951. The average molecular weight is 332 g/mol. The Hall–Kier alpha value is -2.48. The van der Waals surface area contributed by atoms with Crippen LogP contribution in [0.4, 0.5) is 0 Å². The number of carbonyl (C=O) groups is 1. The van der Waals surface area contributed by atoms with Crippen LogP contribution < -0.4 is 10.1 Å². The summed E-state index contributed by atoms with van der Waals surface area (Å²) in [5.41, 5.74) is 0.605. The molecule has 0 atom stereocenters. The van der Waals surface area contributed by atoms with Gasteiger partial charge < -0.3 is 15.0 Å². The van der Waals surface area contributed by atoms with Crippen LogP contribution in [0, 0.1) is 0 Å². The van der Waals surface area contributed by atoms with E-state index in [1.54, 1.807) is 28.9 Å². The van der Waals surface area contributed by atoms with Gasteiger partial charge in [0.05, 0.1) is 6.04 Å². The monoisotopic (exact) mass is 332 g/mol. The summed E-state index contributed by atoms with van der Waals surface area (Å²) in [6.07, 6.45) is 0. The molecular formula is C16H24N6O2. The normalized spacial score (nSPS) is 11.1. The van der Waals surface area contributed by atoms with Gasteiger partial charge in [0.1, 0.15) is 12.4 Å². The predicted molar refractivity (Wildman–Crippen MR) is 89.9 cm³/mol. The number of benzene rings is 1. The van der Waals surface area contributed by atoms with E-state index in [0.29, 0.717) is 23.7 Å². The Morgan fingerprint density at radius 1 is 1.29 bits per heavy atom. The fourth-order valence-electron chi connectivity index (χ4n) is 2.05. The molecule has 8 heteroatoms. The Bertz CT molecular complexity index is 651. The predicted octanol–water partition coefficient (Wildman–Crippen LogP) is 1.12. The quantitative estimate of drug-likeness (QED) is 0.780. The number of aromatic nitrogens is 4. The van der Waals surface area contributed by atoms with Gasteiger partial charge in [0.25, 0.3) is 5.91 Å². The maximum atomic E-state index is 12.0. The van der Waals surface area contributed by atoms with Gasteiger partial charge in [-0.1, -0.05) is 0 Å². The van der Waals surface area contributed by atoms with Crippen LogP contribution in [0.3, 0.4) is 0 Å². The fourth-order valence-corrected chi connectivity index (χ4v) is 2.05. The number of nitrogens with zero attached hydrogens (tertiary/aromatic N) is 5. The lowest BCUT2D eigenvalue weighted by atomic mass is 10.2. The molecule has 1 N–H and O–H groups in total. The van der Waals surface area contributed by atoms with Gasteiger partial charge in [-0.2, -0.15) is 0 Å². The smallest absolute Gasteiger partial charge is 0.251 e. The number of likely N-dealkylation sites (N-methyl/N-ethyl adjacent to an activating group) is 1. The Labute approximate surface area is 141 Å². The van der Waals surface area contributed by atoms with Crippen molar-refractivity contribution in [3.05, 3.63) is 35.7 Å². The Morgan fingerprint density at radius 3 is 2.62 bits per heavy atom. The number of amides is 1. The van der Waals surface area contributed by atoms with Crippen LogP contribution in [-0.4, -0.2) is 58.2 Å². The first kappa shape index (κ1) is 17.9. The highest BCUT2D eigenvalue weighted by Gasteiger charge is 2.10. The van der Waals surface area contributed by atoms with Crippen LogP contribution in [-0.2, 0) is 6.61 Å². The summed E-state index contributed by atoms with van der Waals surface area (Å²) in [6.45, 7) is 5.70. The lowest BCUT2D eigenvalue weighted by Crippen LogP contribution is -2.31. The molecule has 0 unspecified atom stereocenters. The molecule has 0 saturated carbocycles. The zero-order valence-electron chi connectivity index (χ0n) is 14.6. The molecule has 0 bridgehead atoms. The second kappa shape index (κ2) is 8.39. The van der Waals surface area contributed by atoms with Crippen LogP contribution in [0.2, 0.25) is 0 Å². The molecule has 130 valence electrons. The number of hydrogen-bond donors (Lipinski definition) is 1. The van der Waals surface area contributed by atoms with E-state index in [2.05, 4.69) is 20.8 Å². The summed E-state index contributed by atoms with van der Waals surface area (Å²) in [6, 6.07) is 7.19. The molecule has 0 aliphatic rings. The molecule has 1 aromatic heterocycles. The van der Waals surface area contributed by atoms with Gasteiger partial charge in [-0.05, 0) is 62.6 Å². The number of ether oxygens (including phenoxy) is 1. The molecule has 0 saturated heterocycles. The van der Waals surface area contributed by atoms with E-state index in [4.69, 9.17) is 4.74 Å². The van der Waals surface area contributed by atoms with Crippen molar-refractivity contribution in [3.8, 4) is 5.75 Å². The van der Waals surface area contributed by atoms with Crippen molar-refractivity contribution in [2.75, 3.05) is 27.2 Å². The van der Waals surface area contributed by atoms with Crippen molar-refractivity contribution in [3.63, 3.8) is 0 Å². The third kappa shape index (κ3) is 5.02. The molecule has 1 aromatic carbocycles. The molecule has 0 aliphatic carbocycles. The molecule has 8 nitrogen and oxygen atoms in total. The van der Waals surface area contributed by atoms with Crippen molar-refractivity contribution in [1.29, 1.82) is 0 Å². The first-order valence-electron chi connectivity index (χ1n) is 7.90. The molecule has 1 heterocycles. The summed E-state index contributed by atoms with van der Waals surface area (Å²) in [5.74, 6) is 1.24. The molecule has 24 heavy (non-hydrogen) atoms. The van der Waals surface area contributed by atoms with E-state index < -0.39 is 0 Å². The highest BCUT2D eigenvalue weighted by molar-refractivity contribution is 5.94. The molecule has 0 fully saturated rings. The standard InChI is InChI=1S/C16H24N6O2/c1-12(2)22-15(18-19-20-22)11-24-14-7-5-13(6-8-14)16(23)17-9-10-21(3)4/h5-8,12H,9-11H2,1-4H3,(H,17,23). The summed E-state index contributed by atoms with van der Waals surface area (Å²) in [4.78, 5) is 14.0. The third-order valence-corrected chi connectivity index (χ3v) is 3.38. The molecule has 0 spiro atoms. The van der Waals surface area contributed by atoms with Gasteiger partial charge in [0, 0.05) is 18.7 Å². The number of tetrazole rings is 1. The SMILES string of the molecule is CC(C)n1nnnc1COc1ccc(C(=O)NCCN(C)C)cc1. The largest absolute Gasteiger partial charge is 0.486 e. The second-order valence-corrected chi connectivity index (χ2v) is 6.01. The third-order valence-electron chi connectivity index (χ3n) is 3.38. The van der Waals surface area contributed by atoms with Gasteiger partial charge in [-0.25, -0.2) is 4.68 Å². The van der Waals surface area contributed by atoms with E-state index in [9.17, 15) is 4.79 Å². The van der Waals surface area contributed by atoms with Gasteiger partial charge in [-0.3, -0.25) is 4.79 Å². The van der Waals surface area contributed by atoms with Crippen LogP contribution in [0.25, 0.3) is 0 Å². The first-order chi connectivity index (χ1) is 11.5. The zero-order valence-corrected chi connectivity index (χ0v) is 14.6. The first-order valence-corrected chi connectivity index (χ1v) is 7.90. The molecular weight excluding hydrogens is 308 g/mol. The molecule has 1 amide bonds. The molecule has 0 aliphatic heterocycles. The van der Waals surface area contributed by atoms with Crippen LogP contribution in [0.15, 0.2) is 24.3 Å². The van der Waals surface area contributed by atoms with Gasteiger partial charge in [0.15, 0.2) is 5.82 Å². The highest BCUT2D eigenvalue weighted by Crippen LogP contribution is 2.14. The van der Waals surface area contributed by atoms with Crippen molar-refractivity contribution >= 4 is 5.91 Å². The minimum absolute atomic E-state index is 0.0906. The number of rotatable bonds is 8. The lowest BCUT2D eigenvalue weighted by Gasteiger charge is -2.11. The average Bonchev–Trinajstić information content (AvgIpc) is 3.01. The summed E-state index contributed by atoms with van der Waals surface area (Å²) < 4.78 is 7.40. The topological polar surface area (TPSA) is 85.2 Å². The number of hydrogen-bond acceptors (Lipinski definition) is 6. The van der Waals surface area contributed by atoms with Gasteiger partial charge >= 0.3 is 0 Å². The van der Waals surface area contributed by atoms with Crippen LogP contribution in [0.5, 0.6) is 5.75 Å². The second-order valence-electron chi connectivity index (χ2n) is 6.01. The minimum Gasteiger partial charge on any atom is -0.486 e. The van der Waals surface area contributed by atoms with Crippen LogP contribution in [0.1, 0.15) is 36.1 Å². The van der Waals surface area contributed by atoms with Crippen molar-refractivity contribution in [2.45, 2.75) is 26.5 Å². The van der Waals surface area contributed by atoms with Crippen molar-refractivity contribution in [1.82, 2.24) is 30.4 Å². The van der Waals surface area contributed by atoms with Crippen molar-refractivity contribution < 1.29 is 9.53 Å². The van der Waals surface area contributed by atoms with Gasteiger partial charge in [-0.15, -0.1) is 5.10 Å². The fraction of sp³-hybridized carbons (Fsp3) is 0.500. The Morgan fingerprint density at radius 2 is 2.00 bits per heavy atom. The minimum atomic E-state index is -0.0906. The van der Waals surface area contributed by atoms with Crippen LogP contribution >= 0.6 is 0 Å². The Kier molecular flexibility index (Phi) is 6.25. The number of nitrogens with one attached hydrogen (secondary N) is 1. The summed E-state index contributed by atoms with van der Waals surface area (Å²) in [7, 11) is 3.93. The van der Waals surface area contributed by atoms with E-state index in [0.717, 1.165) is 6.54 Å². The molecule has 2 aromatic rings. The molecule has 2 rings (SSSR count). The van der Waals surface area contributed by atoms with E-state index in [-0.39, 0.29) is 18.6 Å². The summed E-state index contributed by atoms with van der Waals surface area (Å²) in [5, 5.41) is 14.4. The van der Waals surface area contributed by atoms with E-state index in [1.807, 2.05) is 32.8 Å². The van der Waals surface area contributed by atoms with Crippen molar-refractivity contribution in [2.24, 2.45) is 0 Å². The summed E-state index contributed by atoms with van der Waals surface area (Å²) >= 11 is 0.